The molecule has 4 aliphatic rings. The monoisotopic (exact) mass is 329 g/mol. The van der Waals surface area contributed by atoms with E-state index in [0.717, 1.165) is 49.9 Å². The Morgan fingerprint density at radius 1 is 1.38 bits per heavy atom. The van der Waals surface area contributed by atoms with E-state index in [1.165, 1.54) is 0 Å². The Labute approximate surface area is 141 Å². The molecule has 2 heterocycles. The van der Waals surface area contributed by atoms with E-state index in [4.69, 9.17) is 4.74 Å². The molecule has 1 aromatic carbocycles. The van der Waals surface area contributed by atoms with Crippen molar-refractivity contribution in [2.24, 2.45) is 0 Å². The molecule has 5 heteroatoms. The van der Waals surface area contributed by atoms with Crippen molar-refractivity contribution in [1.82, 2.24) is 4.90 Å². The Bertz CT molecular complexity index is 747. The van der Waals surface area contributed by atoms with Crippen molar-refractivity contribution < 1.29 is 20.1 Å². The van der Waals surface area contributed by atoms with Gasteiger partial charge in [0.05, 0.1) is 11.0 Å². The second-order valence-corrected chi connectivity index (χ2v) is 7.76. The first kappa shape index (κ1) is 14.6. The predicted octanol–water partition coefficient (Wildman–Crippen LogP) is 1.83. The summed E-state index contributed by atoms with van der Waals surface area (Å²) in [5, 5.41) is 32.3. The van der Waals surface area contributed by atoms with E-state index in [2.05, 4.69) is 11.5 Å². The van der Waals surface area contributed by atoms with Crippen LogP contribution in [0, 0.1) is 0 Å². The van der Waals surface area contributed by atoms with Crippen LogP contribution in [0.25, 0.3) is 0 Å². The zero-order valence-electron chi connectivity index (χ0n) is 13.7. The molecule has 5 rings (SSSR count). The molecule has 2 fully saturated rings. The lowest BCUT2D eigenvalue weighted by atomic mass is 9.49. The Morgan fingerprint density at radius 3 is 3.00 bits per heavy atom. The molecule has 0 amide bonds. The molecule has 4 atom stereocenters. The Hall–Kier alpha value is -1.72. The van der Waals surface area contributed by atoms with Crippen LogP contribution >= 0.6 is 0 Å². The summed E-state index contributed by atoms with van der Waals surface area (Å²) in [5.74, 6) is 0.107. The molecule has 0 aromatic heterocycles. The first-order valence-electron chi connectivity index (χ1n) is 8.85. The Balaban J connectivity index is 1.79. The minimum Gasteiger partial charge on any atom is -0.504 e. The van der Waals surface area contributed by atoms with Crippen LogP contribution in [0.15, 0.2) is 18.7 Å². The van der Waals surface area contributed by atoms with Crippen molar-refractivity contribution in [3.8, 4) is 17.2 Å². The van der Waals surface area contributed by atoms with E-state index < -0.39 is 11.0 Å². The minimum atomic E-state index is -0.848. The average molecular weight is 329 g/mol. The Kier molecular flexibility index (Phi) is 2.72. The molecular weight excluding hydrogens is 306 g/mol. The van der Waals surface area contributed by atoms with E-state index in [-0.39, 0.29) is 23.6 Å². The highest BCUT2D eigenvalue weighted by atomic mass is 16.5. The predicted molar refractivity (Wildman–Crippen MR) is 88.5 cm³/mol. The average Bonchev–Trinajstić information content (AvgIpc) is 2.88. The Morgan fingerprint density at radius 2 is 2.21 bits per heavy atom. The van der Waals surface area contributed by atoms with Gasteiger partial charge < -0.3 is 20.1 Å². The van der Waals surface area contributed by atoms with Crippen molar-refractivity contribution in [2.45, 2.75) is 55.3 Å². The quantitative estimate of drug-likeness (QED) is 0.570. The van der Waals surface area contributed by atoms with Gasteiger partial charge in [0.25, 0.3) is 0 Å². The van der Waals surface area contributed by atoms with Crippen LogP contribution in [-0.2, 0) is 11.8 Å². The molecule has 1 aromatic rings. The summed E-state index contributed by atoms with van der Waals surface area (Å²) in [7, 11) is 0. The van der Waals surface area contributed by atoms with Crippen LogP contribution in [0.4, 0.5) is 0 Å². The lowest BCUT2D eigenvalue weighted by Crippen LogP contribution is -2.75. The van der Waals surface area contributed by atoms with Gasteiger partial charge in [-0.2, -0.15) is 0 Å². The molecule has 1 saturated carbocycles. The third kappa shape index (κ3) is 1.40. The number of phenolic OH excluding ortho intramolecular Hbond substituents is 2. The summed E-state index contributed by atoms with van der Waals surface area (Å²) in [6, 6.07) is 1.67. The second-order valence-electron chi connectivity index (χ2n) is 7.76. The normalized spacial score (nSPS) is 39.2. The fourth-order valence-corrected chi connectivity index (χ4v) is 6.07. The summed E-state index contributed by atoms with van der Waals surface area (Å²) >= 11 is 0. The summed E-state index contributed by atoms with van der Waals surface area (Å²) < 4.78 is 6.14. The van der Waals surface area contributed by atoms with Gasteiger partial charge in [-0.25, -0.2) is 0 Å². The third-order valence-electron chi connectivity index (χ3n) is 6.93. The largest absolute Gasteiger partial charge is 0.504 e. The van der Waals surface area contributed by atoms with Crippen LogP contribution in [-0.4, -0.2) is 51.1 Å². The molecule has 2 bridgehead atoms. The highest BCUT2D eigenvalue weighted by Gasteiger charge is 2.71. The lowest BCUT2D eigenvalue weighted by Gasteiger charge is -2.63. The number of piperidine rings is 1. The number of aromatic hydroxyl groups is 2. The van der Waals surface area contributed by atoms with Crippen molar-refractivity contribution in [3.05, 3.63) is 29.8 Å². The molecule has 0 radical (unpaired) electrons. The van der Waals surface area contributed by atoms with E-state index in [9.17, 15) is 15.3 Å². The molecule has 1 spiro atoms. The van der Waals surface area contributed by atoms with Gasteiger partial charge in [-0.3, -0.25) is 4.90 Å². The number of rotatable bonds is 2. The number of hydrogen-bond acceptors (Lipinski definition) is 5. The van der Waals surface area contributed by atoms with E-state index in [1.54, 1.807) is 6.07 Å². The van der Waals surface area contributed by atoms with Crippen LogP contribution in [0.5, 0.6) is 17.2 Å². The minimum absolute atomic E-state index is 0.00181. The molecule has 128 valence electrons. The molecule has 2 aliphatic heterocycles. The van der Waals surface area contributed by atoms with Crippen LogP contribution < -0.4 is 4.74 Å². The van der Waals surface area contributed by atoms with Gasteiger partial charge in [0, 0.05) is 18.2 Å². The molecule has 5 nitrogen and oxygen atoms in total. The maximum atomic E-state index is 11.9. The zero-order valence-corrected chi connectivity index (χ0v) is 13.7. The molecule has 1 saturated heterocycles. The SMILES string of the molecule is C=CCN1CC[C@]23c4c5cc(O)c(O)c4OC2CCC[C@@]3(O)[C@H]1C5. The summed E-state index contributed by atoms with van der Waals surface area (Å²) in [4.78, 5) is 2.31. The number of nitrogens with zero attached hydrogens (tertiary/aromatic N) is 1. The summed E-state index contributed by atoms with van der Waals surface area (Å²) in [6.45, 7) is 5.50. The highest BCUT2D eigenvalue weighted by Crippen LogP contribution is 2.66. The fourth-order valence-electron chi connectivity index (χ4n) is 6.07. The first-order valence-corrected chi connectivity index (χ1v) is 8.85. The van der Waals surface area contributed by atoms with Gasteiger partial charge in [0.1, 0.15) is 6.10 Å². The zero-order chi connectivity index (χ0) is 16.7. The maximum absolute atomic E-state index is 11.9. The number of ether oxygens (including phenoxy) is 1. The second kappa shape index (κ2) is 4.46. The van der Waals surface area contributed by atoms with Gasteiger partial charge in [0.2, 0.25) is 5.75 Å². The smallest absolute Gasteiger partial charge is 0.200 e. The standard InChI is InChI=1S/C19H23NO4/c1-2-7-20-8-6-18-14-4-3-5-19(18,23)13(20)10-11-9-12(21)16(22)17(24-14)15(11)18/h2,9,13-14,21-23H,1,3-8,10H2/t13-,14?,18-,19-/m1/s1. The van der Waals surface area contributed by atoms with Crippen molar-refractivity contribution in [3.63, 3.8) is 0 Å². The van der Waals surface area contributed by atoms with Crippen LogP contribution in [0.3, 0.4) is 0 Å². The topological polar surface area (TPSA) is 73.2 Å². The number of benzene rings is 1. The van der Waals surface area contributed by atoms with Gasteiger partial charge in [-0.1, -0.05) is 6.08 Å². The van der Waals surface area contributed by atoms with Gasteiger partial charge in [0.15, 0.2) is 11.5 Å². The highest BCUT2D eigenvalue weighted by molar-refractivity contribution is 5.66. The third-order valence-corrected chi connectivity index (χ3v) is 6.93. The molecule has 2 aliphatic carbocycles. The summed E-state index contributed by atoms with van der Waals surface area (Å²) in [5.41, 5.74) is 0.660. The molecule has 3 N–H and O–H groups in total. The lowest BCUT2D eigenvalue weighted by molar-refractivity contribution is -0.183. The van der Waals surface area contributed by atoms with Gasteiger partial charge >= 0.3 is 0 Å². The van der Waals surface area contributed by atoms with E-state index in [1.807, 2.05) is 6.08 Å². The fraction of sp³-hybridized carbons (Fsp3) is 0.579. The van der Waals surface area contributed by atoms with Crippen molar-refractivity contribution in [1.29, 1.82) is 0 Å². The summed E-state index contributed by atoms with van der Waals surface area (Å²) in [6.07, 6.45) is 5.79. The van der Waals surface area contributed by atoms with Crippen LogP contribution in [0.1, 0.15) is 36.8 Å². The molecule has 24 heavy (non-hydrogen) atoms. The van der Waals surface area contributed by atoms with Crippen LogP contribution in [0.2, 0.25) is 0 Å². The van der Waals surface area contributed by atoms with Crippen molar-refractivity contribution >= 4 is 0 Å². The van der Waals surface area contributed by atoms with Gasteiger partial charge in [-0.05, 0) is 50.3 Å². The number of likely N-dealkylation sites (tertiary alicyclic amines) is 1. The molecular formula is C19H23NO4. The number of phenols is 2. The maximum Gasteiger partial charge on any atom is 0.200 e. The van der Waals surface area contributed by atoms with Gasteiger partial charge in [-0.15, -0.1) is 6.58 Å². The first-order chi connectivity index (χ1) is 11.5. The van der Waals surface area contributed by atoms with Crippen molar-refractivity contribution in [2.75, 3.05) is 13.1 Å². The van der Waals surface area contributed by atoms with E-state index in [0.29, 0.717) is 12.2 Å². The number of hydrogen-bond donors (Lipinski definition) is 3. The molecule has 1 unspecified atom stereocenters. The number of aliphatic hydroxyl groups is 1. The van der Waals surface area contributed by atoms with E-state index >= 15 is 0 Å².